The fourth-order valence-corrected chi connectivity index (χ4v) is 3.34. The van der Waals surface area contributed by atoms with Gasteiger partial charge in [0.25, 0.3) is 5.91 Å². The number of halogens is 2. The van der Waals surface area contributed by atoms with E-state index >= 15 is 0 Å². The molecule has 0 radical (unpaired) electrons. The molecule has 1 heterocycles. The van der Waals surface area contributed by atoms with E-state index in [9.17, 15) is 4.79 Å². The topological polar surface area (TPSA) is 29.1 Å². The Morgan fingerprint density at radius 1 is 1.37 bits per heavy atom. The summed E-state index contributed by atoms with van der Waals surface area (Å²) < 4.78 is 0.897. The molecule has 19 heavy (non-hydrogen) atoms. The van der Waals surface area contributed by atoms with Crippen LogP contribution in [0.5, 0.6) is 0 Å². The first kappa shape index (κ1) is 14.8. The highest BCUT2D eigenvalue weighted by atomic mass is 127. The number of carbonyl (C=O) groups excluding carboxylic acids is 1. The zero-order chi connectivity index (χ0) is 14.0. The third-order valence-corrected chi connectivity index (χ3v) is 5.07. The normalized spacial score (nSPS) is 12.2. The molecule has 0 aliphatic carbocycles. The SMILES string of the molecule is Cc1ccc(C(C)NC(=O)c2cc(Cl)ccc2I)s1. The molecule has 0 aliphatic rings. The highest BCUT2D eigenvalue weighted by Gasteiger charge is 2.15. The molecule has 2 aromatic rings. The minimum atomic E-state index is -0.0922. The summed E-state index contributed by atoms with van der Waals surface area (Å²) in [5, 5.41) is 3.58. The number of amides is 1. The quantitative estimate of drug-likeness (QED) is 0.730. The van der Waals surface area contributed by atoms with E-state index in [1.54, 1.807) is 23.5 Å². The number of hydrogen-bond donors (Lipinski definition) is 1. The second kappa shape index (κ2) is 6.24. The lowest BCUT2D eigenvalue weighted by Crippen LogP contribution is -2.26. The number of aryl methyl sites for hydroxylation is 1. The lowest BCUT2D eigenvalue weighted by Gasteiger charge is -2.13. The van der Waals surface area contributed by atoms with Crippen molar-refractivity contribution < 1.29 is 4.79 Å². The molecule has 1 aromatic carbocycles. The van der Waals surface area contributed by atoms with E-state index in [4.69, 9.17) is 11.6 Å². The van der Waals surface area contributed by atoms with Crippen molar-refractivity contribution in [1.82, 2.24) is 5.32 Å². The van der Waals surface area contributed by atoms with Gasteiger partial charge in [0.05, 0.1) is 11.6 Å². The Hall–Kier alpha value is -0.590. The van der Waals surface area contributed by atoms with E-state index in [0.717, 1.165) is 8.45 Å². The van der Waals surface area contributed by atoms with Crippen LogP contribution in [0.1, 0.15) is 33.1 Å². The van der Waals surface area contributed by atoms with Gasteiger partial charge in [0.1, 0.15) is 0 Å². The summed E-state index contributed by atoms with van der Waals surface area (Å²) in [5.74, 6) is -0.0922. The Kier molecular flexibility index (Phi) is 4.86. The Balaban J connectivity index is 2.15. The first-order valence-corrected chi connectivity index (χ1v) is 8.07. The van der Waals surface area contributed by atoms with Gasteiger partial charge in [0.15, 0.2) is 0 Å². The zero-order valence-corrected chi connectivity index (χ0v) is 14.3. The maximum atomic E-state index is 12.2. The van der Waals surface area contributed by atoms with Crippen molar-refractivity contribution in [2.24, 2.45) is 0 Å². The van der Waals surface area contributed by atoms with Crippen LogP contribution in [0.3, 0.4) is 0 Å². The second-order valence-corrected chi connectivity index (χ2v) is 7.19. The number of carbonyl (C=O) groups is 1. The van der Waals surface area contributed by atoms with Crippen molar-refractivity contribution in [2.75, 3.05) is 0 Å². The molecule has 2 rings (SSSR count). The van der Waals surface area contributed by atoms with Gasteiger partial charge in [-0.25, -0.2) is 0 Å². The van der Waals surface area contributed by atoms with Crippen LogP contribution >= 0.6 is 45.5 Å². The van der Waals surface area contributed by atoms with Gasteiger partial charge in [-0.1, -0.05) is 11.6 Å². The van der Waals surface area contributed by atoms with Crippen LogP contribution in [0.4, 0.5) is 0 Å². The first-order valence-electron chi connectivity index (χ1n) is 5.79. The molecule has 1 aromatic heterocycles. The number of rotatable bonds is 3. The molecule has 5 heteroatoms. The number of hydrogen-bond acceptors (Lipinski definition) is 2. The lowest BCUT2D eigenvalue weighted by atomic mass is 10.2. The van der Waals surface area contributed by atoms with Crippen molar-refractivity contribution in [1.29, 1.82) is 0 Å². The summed E-state index contributed by atoms with van der Waals surface area (Å²) in [6.45, 7) is 4.04. The predicted octanol–water partition coefficient (Wildman–Crippen LogP) is 4.81. The van der Waals surface area contributed by atoms with E-state index < -0.39 is 0 Å². The van der Waals surface area contributed by atoms with Gasteiger partial charge in [0.2, 0.25) is 0 Å². The third kappa shape index (κ3) is 3.70. The van der Waals surface area contributed by atoms with Crippen molar-refractivity contribution in [3.05, 3.63) is 54.2 Å². The average Bonchev–Trinajstić information content (AvgIpc) is 2.79. The van der Waals surface area contributed by atoms with Crippen LogP contribution in [-0.4, -0.2) is 5.91 Å². The van der Waals surface area contributed by atoms with Crippen LogP contribution in [0.25, 0.3) is 0 Å². The maximum Gasteiger partial charge on any atom is 0.252 e. The fraction of sp³-hybridized carbons (Fsp3) is 0.214. The van der Waals surface area contributed by atoms with Gasteiger partial charge >= 0.3 is 0 Å². The Morgan fingerprint density at radius 2 is 2.11 bits per heavy atom. The molecule has 0 saturated carbocycles. The van der Waals surface area contributed by atoms with E-state index in [0.29, 0.717) is 10.6 Å². The molecule has 0 aliphatic heterocycles. The van der Waals surface area contributed by atoms with E-state index in [1.165, 1.54) is 4.88 Å². The summed E-state index contributed by atoms with van der Waals surface area (Å²) in [6.07, 6.45) is 0. The smallest absolute Gasteiger partial charge is 0.252 e. The standard InChI is InChI=1S/C14H13ClINOS/c1-8-3-6-13(19-8)9(2)17-14(18)11-7-10(15)4-5-12(11)16/h3-7,9H,1-2H3,(H,17,18). The number of benzene rings is 1. The van der Waals surface area contributed by atoms with Crippen molar-refractivity contribution in [2.45, 2.75) is 19.9 Å². The monoisotopic (exact) mass is 405 g/mol. The third-order valence-electron chi connectivity index (χ3n) is 2.71. The van der Waals surface area contributed by atoms with Gasteiger partial charge in [0, 0.05) is 18.3 Å². The molecule has 100 valence electrons. The molecule has 1 atom stereocenters. The molecule has 0 bridgehead atoms. The van der Waals surface area contributed by atoms with Crippen LogP contribution in [0.15, 0.2) is 30.3 Å². The van der Waals surface area contributed by atoms with Gasteiger partial charge in [-0.3, -0.25) is 4.79 Å². The summed E-state index contributed by atoms with van der Waals surface area (Å²) in [7, 11) is 0. The summed E-state index contributed by atoms with van der Waals surface area (Å²) in [5.41, 5.74) is 0.619. The van der Waals surface area contributed by atoms with Crippen LogP contribution < -0.4 is 5.32 Å². The molecule has 1 amide bonds. The highest BCUT2D eigenvalue weighted by Crippen LogP contribution is 2.23. The predicted molar refractivity (Wildman–Crippen MR) is 89.1 cm³/mol. The minimum absolute atomic E-state index is 0.000909. The van der Waals surface area contributed by atoms with E-state index in [2.05, 4.69) is 40.9 Å². The van der Waals surface area contributed by atoms with Crippen molar-refractivity contribution in [3.63, 3.8) is 0 Å². The van der Waals surface area contributed by atoms with Gasteiger partial charge in [-0.05, 0) is 66.8 Å². The molecular weight excluding hydrogens is 393 g/mol. The first-order chi connectivity index (χ1) is 8.97. The number of thiophene rings is 1. The summed E-state index contributed by atoms with van der Waals surface area (Å²) >= 11 is 9.78. The van der Waals surface area contributed by atoms with Gasteiger partial charge < -0.3 is 5.32 Å². The van der Waals surface area contributed by atoms with Crippen molar-refractivity contribution >= 4 is 51.4 Å². The largest absolute Gasteiger partial charge is 0.345 e. The lowest BCUT2D eigenvalue weighted by molar-refractivity contribution is 0.0939. The van der Waals surface area contributed by atoms with Crippen LogP contribution in [0.2, 0.25) is 5.02 Å². The van der Waals surface area contributed by atoms with Crippen LogP contribution in [-0.2, 0) is 0 Å². The van der Waals surface area contributed by atoms with E-state index in [-0.39, 0.29) is 11.9 Å². The second-order valence-electron chi connectivity index (χ2n) is 4.27. The molecule has 0 spiro atoms. The van der Waals surface area contributed by atoms with E-state index in [1.807, 2.05) is 19.1 Å². The highest BCUT2D eigenvalue weighted by molar-refractivity contribution is 14.1. The zero-order valence-electron chi connectivity index (χ0n) is 10.5. The molecule has 0 fully saturated rings. The minimum Gasteiger partial charge on any atom is -0.345 e. The molecule has 2 nitrogen and oxygen atoms in total. The van der Waals surface area contributed by atoms with Gasteiger partial charge in [-0.2, -0.15) is 0 Å². The Morgan fingerprint density at radius 3 is 2.74 bits per heavy atom. The maximum absolute atomic E-state index is 12.2. The summed E-state index contributed by atoms with van der Waals surface area (Å²) in [6, 6.07) is 9.44. The molecule has 1 N–H and O–H groups in total. The van der Waals surface area contributed by atoms with Crippen molar-refractivity contribution in [3.8, 4) is 0 Å². The Labute approximate surface area is 135 Å². The molecule has 0 saturated heterocycles. The van der Waals surface area contributed by atoms with Gasteiger partial charge in [-0.15, -0.1) is 11.3 Å². The molecule has 1 unspecified atom stereocenters. The Bertz CT molecular complexity index is 611. The molecular formula is C14H13ClINOS. The fourth-order valence-electron chi connectivity index (χ4n) is 1.70. The number of nitrogens with one attached hydrogen (secondary N) is 1. The summed E-state index contributed by atoms with van der Waals surface area (Å²) in [4.78, 5) is 14.6. The average molecular weight is 406 g/mol. The van der Waals surface area contributed by atoms with Crippen LogP contribution in [0, 0.1) is 10.5 Å².